The summed E-state index contributed by atoms with van der Waals surface area (Å²) < 4.78 is 54.4. The third-order valence-corrected chi connectivity index (χ3v) is 2.77. The number of hydrogen-bond donors (Lipinski definition) is 0. The Balaban J connectivity index is 2.54. The lowest BCUT2D eigenvalue weighted by atomic mass is 10.0. The number of hydrogen-bond acceptors (Lipinski definition) is 2. The summed E-state index contributed by atoms with van der Waals surface area (Å²) in [6, 6.07) is 8.29. The van der Waals surface area contributed by atoms with Crippen LogP contribution in [0.3, 0.4) is 0 Å². The van der Waals surface area contributed by atoms with Crippen LogP contribution in [-0.2, 0) is 0 Å². The van der Waals surface area contributed by atoms with Gasteiger partial charge in [-0.1, -0.05) is 18.2 Å². The molecule has 0 unspecified atom stereocenters. The van der Waals surface area contributed by atoms with Crippen molar-refractivity contribution in [3.63, 3.8) is 0 Å². The molecule has 0 spiro atoms. The van der Waals surface area contributed by atoms with Gasteiger partial charge in [-0.2, -0.15) is 0 Å². The van der Waals surface area contributed by atoms with Crippen LogP contribution in [0.15, 0.2) is 42.5 Å². The predicted molar refractivity (Wildman–Crippen MR) is 68.7 cm³/mol. The number of para-hydroxylation sites is 1. The zero-order chi connectivity index (χ0) is 15.6. The molecule has 7 heteroatoms. The van der Waals surface area contributed by atoms with E-state index in [1.807, 2.05) is 0 Å². The van der Waals surface area contributed by atoms with Crippen molar-refractivity contribution in [2.24, 2.45) is 0 Å². The van der Waals surface area contributed by atoms with Gasteiger partial charge in [0.05, 0.1) is 0 Å². The lowest BCUT2D eigenvalue weighted by molar-refractivity contribution is -0.274. The Morgan fingerprint density at radius 1 is 1.10 bits per heavy atom. The minimum absolute atomic E-state index is 0.00603. The molecule has 110 valence electrons. The molecule has 0 aliphatic carbocycles. The Morgan fingerprint density at radius 3 is 2.38 bits per heavy atom. The van der Waals surface area contributed by atoms with Gasteiger partial charge >= 0.3 is 6.36 Å². The first kappa shape index (κ1) is 15.3. The van der Waals surface area contributed by atoms with Crippen molar-refractivity contribution in [3.05, 3.63) is 53.8 Å². The second-order valence-electron chi connectivity index (χ2n) is 4.05. The molecule has 0 fully saturated rings. The number of carbonyl (C=O) groups excluding carboxylic acids is 1. The monoisotopic (exact) mass is 318 g/mol. The van der Waals surface area contributed by atoms with Gasteiger partial charge in [-0.25, -0.2) is 4.39 Å². The van der Waals surface area contributed by atoms with E-state index in [2.05, 4.69) is 4.74 Å². The van der Waals surface area contributed by atoms with Crippen LogP contribution in [0.25, 0.3) is 11.1 Å². The van der Waals surface area contributed by atoms with Crippen LogP contribution in [0.2, 0.25) is 0 Å². The molecule has 2 rings (SSSR count). The van der Waals surface area contributed by atoms with Crippen molar-refractivity contribution >= 4 is 16.8 Å². The maximum absolute atomic E-state index is 13.5. The molecule has 0 amide bonds. The average molecular weight is 319 g/mol. The Kier molecular flexibility index (Phi) is 4.18. The minimum Gasteiger partial charge on any atom is -0.405 e. The molecule has 2 aromatic carbocycles. The topological polar surface area (TPSA) is 26.3 Å². The summed E-state index contributed by atoms with van der Waals surface area (Å²) in [4.78, 5) is 11.1. The third-order valence-electron chi connectivity index (χ3n) is 2.55. The summed E-state index contributed by atoms with van der Waals surface area (Å²) in [6.07, 6.45) is -4.88. The van der Waals surface area contributed by atoms with Gasteiger partial charge in [0.15, 0.2) is 0 Å². The molecule has 0 saturated carbocycles. The molecule has 0 aliphatic heterocycles. The molecule has 21 heavy (non-hydrogen) atoms. The zero-order valence-electron chi connectivity index (χ0n) is 10.2. The smallest absolute Gasteiger partial charge is 0.405 e. The second kappa shape index (κ2) is 5.73. The highest BCUT2D eigenvalue weighted by Crippen LogP contribution is 2.34. The normalized spacial score (nSPS) is 11.3. The quantitative estimate of drug-likeness (QED) is 0.602. The first-order valence-corrected chi connectivity index (χ1v) is 5.99. The van der Waals surface area contributed by atoms with E-state index in [1.165, 1.54) is 24.3 Å². The van der Waals surface area contributed by atoms with E-state index in [9.17, 15) is 22.4 Å². The van der Waals surface area contributed by atoms with Gasteiger partial charge in [0.2, 0.25) is 0 Å². The molecular weight excluding hydrogens is 312 g/mol. The van der Waals surface area contributed by atoms with E-state index >= 15 is 0 Å². The molecule has 2 aromatic rings. The number of benzene rings is 2. The highest BCUT2D eigenvalue weighted by molar-refractivity contribution is 6.67. The van der Waals surface area contributed by atoms with E-state index < -0.39 is 23.2 Å². The molecule has 2 nitrogen and oxygen atoms in total. The van der Waals surface area contributed by atoms with Crippen LogP contribution < -0.4 is 4.74 Å². The van der Waals surface area contributed by atoms with Crippen molar-refractivity contribution in [2.75, 3.05) is 0 Å². The molecule has 0 aliphatic rings. The Labute approximate surface area is 121 Å². The minimum atomic E-state index is -4.88. The molecule has 0 bridgehead atoms. The van der Waals surface area contributed by atoms with Crippen molar-refractivity contribution in [1.82, 2.24) is 0 Å². The van der Waals surface area contributed by atoms with Gasteiger partial charge in [-0.3, -0.25) is 4.79 Å². The predicted octanol–water partition coefficient (Wildman–Crippen LogP) is 4.77. The molecule has 0 radical (unpaired) electrons. The fraction of sp³-hybridized carbons (Fsp3) is 0.0714. The summed E-state index contributed by atoms with van der Waals surface area (Å²) in [5, 5.41) is -0.912. The highest BCUT2D eigenvalue weighted by Gasteiger charge is 2.32. The summed E-state index contributed by atoms with van der Waals surface area (Å²) in [7, 11) is 0. The van der Waals surface area contributed by atoms with E-state index in [1.54, 1.807) is 0 Å². The Hall–Kier alpha value is -2.08. The van der Waals surface area contributed by atoms with Crippen LogP contribution in [0.1, 0.15) is 10.4 Å². The summed E-state index contributed by atoms with van der Waals surface area (Å²) >= 11 is 5.26. The molecule has 0 atom stereocenters. The van der Waals surface area contributed by atoms with Crippen molar-refractivity contribution < 1.29 is 27.1 Å². The number of alkyl halides is 3. The largest absolute Gasteiger partial charge is 0.573 e. The van der Waals surface area contributed by atoms with Crippen LogP contribution in [0, 0.1) is 5.82 Å². The average Bonchev–Trinajstić information content (AvgIpc) is 2.36. The van der Waals surface area contributed by atoms with Gasteiger partial charge in [0.1, 0.15) is 11.6 Å². The summed E-state index contributed by atoms with van der Waals surface area (Å²) in [5.74, 6) is -1.29. The molecule has 0 N–H and O–H groups in total. The highest BCUT2D eigenvalue weighted by atomic mass is 35.5. The van der Waals surface area contributed by atoms with E-state index in [-0.39, 0.29) is 16.7 Å². The molecule has 0 heterocycles. The molecule has 0 aromatic heterocycles. The SMILES string of the molecule is O=C(Cl)c1cc(F)cc(-c2ccccc2OC(F)(F)F)c1. The lowest BCUT2D eigenvalue weighted by Gasteiger charge is -2.13. The maximum atomic E-state index is 13.5. The van der Waals surface area contributed by atoms with Gasteiger partial charge in [-0.15, -0.1) is 13.2 Å². The maximum Gasteiger partial charge on any atom is 0.573 e. The van der Waals surface area contributed by atoms with Gasteiger partial charge in [0, 0.05) is 11.1 Å². The number of ether oxygens (including phenoxy) is 1. The van der Waals surface area contributed by atoms with E-state index in [0.29, 0.717) is 0 Å². The summed E-state index contributed by atoms with van der Waals surface area (Å²) in [5.41, 5.74) is -0.110. The van der Waals surface area contributed by atoms with Gasteiger partial charge in [-0.05, 0) is 41.4 Å². The van der Waals surface area contributed by atoms with Gasteiger partial charge < -0.3 is 4.74 Å². The van der Waals surface area contributed by atoms with Crippen molar-refractivity contribution in [1.29, 1.82) is 0 Å². The lowest BCUT2D eigenvalue weighted by Crippen LogP contribution is -2.17. The van der Waals surface area contributed by atoms with E-state index in [4.69, 9.17) is 11.6 Å². The van der Waals surface area contributed by atoms with Gasteiger partial charge in [0.25, 0.3) is 5.24 Å². The first-order chi connectivity index (χ1) is 9.76. The van der Waals surface area contributed by atoms with E-state index in [0.717, 1.165) is 18.2 Å². The van der Waals surface area contributed by atoms with Crippen molar-refractivity contribution in [2.45, 2.75) is 6.36 Å². The molecular formula is C14H7ClF4O2. The first-order valence-electron chi connectivity index (χ1n) is 5.62. The van der Waals surface area contributed by atoms with Crippen LogP contribution in [0.5, 0.6) is 5.75 Å². The standard InChI is InChI=1S/C14H7ClF4O2/c15-13(20)9-5-8(6-10(16)7-9)11-3-1-2-4-12(11)21-14(17,18)19/h1-7H. The third kappa shape index (κ3) is 3.95. The fourth-order valence-electron chi connectivity index (χ4n) is 1.78. The van der Waals surface area contributed by atoms with Crippen LogP contribution in [0.4, 0.5) is 17.6 Å². The number of rotatable bonds is 3. The number of halogens is 5. The second-order valence-corrected chi connectivity index (χ2v) is 4.39. The summed E-state index contributed by atoms with van der Waals surface area (Å²) in [6.45, 7) is 0. The fourth-order valence-corrected chi connectivity index (χ4v) is 1.89. The molecule has 0 saturated heterocycles. The van der Waals surface area contributed by atoms with Crippen molar-refractivity contribution in [3.8, 4) is 16.9 Å². The number of carbonyl (C=O) groups is 1. The Morgan fingerprint density at radius 2 is 1.76 bits per heavy atom. The van der Waals surface area contributed by atoms with Crippen LogP contribution in [-0.4, -0.2) is 11.6 Å². The Bertz CT molecular complexity index is 683. The van der Waals surface area contributed by atoms with Crippen LogP contribution >= 0.6 is 11.6 Å². The zero-order valence-corrected chi connectivity index (χ0v) is 11.0.